The second-order valence-corrected chi connectivity index (χ2v) is 6.48. The van der Waals surface area contributed by atoms with Crippen LogP contribution in [0.4, 0.5) is 29.3 Å². The highest BCUT2D eigenvalue weighted by atomic mass is 19.4. The highest BCUT2D eigenvalue weighted by Crippen LogP contribution is 2.30. The number of alkyl halides is 3. The molecule has 0 atom stereocenters. The fourth-order valence-corrected chi connectivity index (χ4v) is 2.62. The zero-order valence-electron chi connectivity index (χ0n) is 15.9. The molecule has 0 radical (unpaired) electrons. The molecule has 1 aromatic heterocycles. The Kier molecular flexibility index (Phi) is 6.53. The third-order valence-corrected chi connectivity index (χ3v) is 4.09. The molecule has 0 aliphatic heterocycles. The van der Waals surface area contributed by atoms with Gasteiger partial charge in [0.25, 0.3) is 0 Å². The number of aliphatic carboxylic acids is 1. The number of anilines is 2. The fourth-order valence-electron chi connectivity index (χ4n) is 2.62. The first kappa shape index (κ1) is 21.8. The Balaban J connectivity index is 1.58. The molecule has 31 heavy (non-hydrogen) atoms. The van der Waals surface area contributed by atoms with Crippen LogP contribution < -0.4 is 10.6 Å². The Hall–Kier alpha value is -3.89. The van der Waals surface area contributed by atoms with E-state index in [1.54, 1.807) is 24.3 Å². The lowest BCUT2D eigenvalue weighted by atomic mass is 10.2. The maximum Gasteiger partial charge on any atom is 0.416 e. The number of nitrogens with zero attached hydrogens (tertiary/aromatic N) is 2. The van der Waals surface area contributed by atoms with Gasteiger partial charge in [0.2, 0.25) is 11.8 Å². The first-order chi connectivity index (χ1) is 14.7. The minimum Gasteiger partial charge on any atom is -0.481 e. The molecule has 3 aromatic rings. The first-order valence-corrected chi connectivity index (χ1v) is 9.10. The molecule has 2 amide bonds. The number of aromatic nitrogens is 2. The second-order valence-electron chi connectivity index (χ2n) is 6.48. The van der Waals surface area contributed by atoms with Crippen LogP contribution in [0.25, 0.3) is 11.5 Å². The van der Waals surface area contributed by atoms with Gasteiger partial charge in [-0.25, -0.2) is 4.79 Å². The van der Waals surface area contributed by atoms with E-state index >= 15 is 0 Å². The van der Waals surface area contributed by atoms with Crippen molar-refractivity contribution in [2.75, 3.05) is 10.6 Å². The van der Waals surface area contributed by atoms with Gasteiger partial charge < -0.3 is 20.2 Å². The van der Waals surface area contributed by atoms with E-state index in [-0.39, 0.29) is 18.0 Å². The Morgan fingerprint density at radius 3 is 2.39 bits per heavy atom. The molecule has 8 nitrogen and oxygen atoms in total. The van der Waals surface area contributed by atoms with E-state index in [2.05, 4.69) is 20.8 Å². The van der Waals surface area contributed by atoms with Gasteiger partial charge in [-0.1, -0.05) is 6.07 Å². The fraction of sp³-hybridized carbons (Fsp3) is 0.200. The van der Waals surface area contributed by atoms with Crippen molar-refractivity contribution in [2.45, 2.75) is 25.4 Å². The molecule has 0 aliphatic rings. The van der Waals surface area contributed by atoms with Gasteiger partial charge in [-0.3, -0.25) is 4.79 Å². The van der Waals surface area contributed by atoms with E-state index in [0.29, 0.717) is 30.0 Å². The summed E-state index contributed by atoms with van der Waals surface area (Å²) in [7, 11) is 0. The van der Waals surface area contributed by atoms with Crippen LogP contribution in [0.5, 0.6) is 0 Å². The number of aryl methyl sites for hydroxylation is 1. The van der Waals surface area contributed by atoms with E-state index in [1.807, 2.05) is 0 Å². The summed E-state index contributed by atoms with van der Waals surface area (Å²) in [6, 6.07) is 9.97. The zero-order chi connectivity index (χ0) is 22.4. The van der Waals surface area contributed by atoms with Gasteiger partial charge in [0.05, 0.1) is 5.56 Å². The molecular formula is C20H17F3N4O4. The summed E-state index contributed by atoms with van der Waals surface area (Å²) in [5.74, 6) is -0.343. The van der Waals surface area contributed by atoms with Crippen LogP contribution in [0.2, 0.25) is 0 Å². The van der Waals surface area contributed by atoms with E-state index in [1.165, 1.54) is 12.1 Å². The smallest absolute Gasteiger partial charge is 0.416 e. The van der Waals surface area contributed by atoms with E-state index < -0.39 is 23.7 Å². The zero-order valence-corrected chi connectivity index (χ0v) is 15.9. The second kappa shape index (κ2) is 9.28. The van der Waals surface area contributed by atoms with Crippen molar-refractivity contribution in [3.63, 3.8) is 0 Å². The lowest BCUT2D eigenvalue weighted by Crippen LogP contribution is -2.19. The number of amides is 2. The van der Waals surface area contributed by atoms with Crippen LogP contribution in [0, 0.1) is 0 Å². The van der Waals surface area contributed by atoms with Gasteiger partial charge in [-0.15, -0.1) is 10.2 Å². The largest absolute Gasteiger partial charge is 0.481 e. The SMILES string of the molecule is O=C(O)CCCc1nnc(-c2ccc(NC(=O)Nc3cccc(C(F)(F)F)c3)cc2)o1. The number of rotatable bonds is 7. The molecule has 0 aliphatic carbocycles. The summed E-state index contributed by atoms with van der Waals surface area (Å²) < 4.78 is 43.7. The number of carbonyl (C=O) groups excluding carboxylic acids is 1. The molecule has 0 saturated carbocycles. The summed E-state index contributed by atoms with van der Waals surface area (Å²) in [5.41, 5.74) is 0.122. The van der Waals surface area contributed by atoms with E-state index in [4.69, 9.17) is 9.52 Å². The highest BCUT2D eigenvalue weighted by Gasteiger charge is 2.30. The quantitative estimate of drug-likeness (QED) is 0.491. The lowest BCUT2D eigenvalue weighted by molar-refractivity contribution is -0.138. The average molecular weight is 434 g/mol. The van der Waals surface area contributed by atoms with Gasteiger partial charge in [0, 0.05) is 29.8 Å². The number of halogens is 3. The maximum absolute atomic E-state index is 12.8. The number of carboxylic acid groups (broad SMARTS) is 1. The minimum atomic E-state index is -4.51. The van der Waals surface area contributed by atoms with Crippen LogP contribution in [0.1, 0.15) is 24.3 Å². The normalized spacial score (nSPS) is 11.2. The highest BCUT2D eigenvalue weighted by molar-refractivity contribution is 5.99. The molecule has 0 fully saturated rings. The van der Waals surface area contributed by atoms with Crippen molar-refractivity contribution in [3.05, 3.63) is 60.0 Å². The maximum atomic E-state index is 12.8. The predicted octanol–water partition coefficient (Wildman–Crippen LogP) is 4.81. The van der Waals surface area contributed by atoms with Crippen LogP contribution in [0.3, 0.4) is 0 Å². The molecular weight excluding hydrogens is 417 g/mol. The van der Waals surface area contributed by atoms with Crippen LogP contribution in [-0.4, -0.2) is 27.3 Å². The van der Waals surface area contributed by atoms with Gasteiger partial charge >= 0.3 is 18.2 Å². The third kappa shape index (κ3) is 6.29. The predicted molar refractivity (Wildman–Crippen MR) is 104 cm³/mol. The van der Waals surface area contributed by atoms with Crippen LogP contribution in [-0.2, 0) is 17.4 Å². The number of nitrogens with one attached hydrogen (secondary N) is 2. The number of hydrogen-bond donors (Lipinski definition) is 3. The van der Waals surface area contributed by atoms with Gasteiger partial charge in [-0.05, 0) is 48.9 Å². The van der Waals surface area contributed by atoms with Gasteiger partial charge in [-0.2, -0.15) is 13.2 Å². The first-order valence-electron chi connectivity index (χ1n) is 9.10. The van der Waals surface area contributed by atoms with Gasteiger partial charge in [0.1, 0.15) is 0 Å². The summed E-state index contributed by atoms with van der Waals surface area (Å²) in [4.78, 5) is 22.6. The number of carboxylic acids is 1. The number of benzene rings is 2. The number of urea groups is 1. The Morgan fingerprint density at radius 1 is 1.00 bits per heavy atom. The standard InChI is InChI=1S/C20H17F3N4O4/c21-20(22,23)13-3-1-4-15(11-13)25-19(30)24-14-9-7-12(8-10-14)18-27-26-16(31-18)5-2-6-17(28)29/h1,3-4,7-11H,2,5-6H2,(H,28,29)(H2,24,25,30). The molecule has 0 unspecified atom stereocenters. The molecule has 0 spiro atoms. The van der Waals surface area contributed by atoms with Crippen LogP contribution in [0.15, 0.2) is 52.9 Å². The Morgan fingerprint density at radius 2 is 1.71 bits per heavy atom. The van der Waals surface area contributed by atoms with E-state index in [0.717, 1.165) is 12.1 Å². The van der Waals surface area contributed by atoms with E-state index in [9.17, 15) is 22.8 Å². The minimum absolute atomic E-state index is 0.000638. The van der Waals surface area contributed by atoms with Crippen molar-refractivity contribution in [3.8, 4) is 11.5 Å². The average Bonchev–Trinajstić information content (AvgIpc) is 3.16. The third-order valence-electron chi connectivity index (χ3n) is 4.09. The molecule has 0 bridgehead atoms. The summed E-state index contributed by atoms with van der Waals surface area (Å²) >= 11 is 0. The van der Waals surface area contributed by atoms with Crippen molar-refractivity contribution < 1.29 is 32.3 Å². The van der Waals surface area contributed by atoms with Crippen molar-refractivity contribution in [1.82, 2.24) is 10.2 Å². The summed E-state index contributed by atoms with van der Waals surface area (Å²) in [6.45, 7) is 0. The summed E-state index contributed by atoms with van der Waals surface area (Å²) in [6.07, 6.45) is -3.79. The lowest BCUT2D eigenvalue weighted by Gasteiger charge is -2.11. The number of carbonyl (C=O) groups is 2. The molecule has 1 heterocycles. The Bertz CT molecular complexity index is 1060. The van der Waals surface area contributed by atoms with Crippen LogP contribution >= 0.6 is 0 Å². The molecule has 11 heteroatoms. The number of hydrogen-bond acceptors (Lipinski definition) is 5. The molecule has 3 rings (SSSR count). The monoisotopic (exact) mass is 434 g/mol. The van der Waals surface area contributed by atoms with Crippen molar-refractivity contribution in [2.24, 2.45) is 0 Å². The van der Waals surface area contributed by atoms with Gasteiger partial charge in [0.15, 0.2) is 0 Å². The van der Waals surface area contributed by atoms with Crippen molar-refractivity contribution >= 4 is 23.4 Å². The topological polar surface area (TPSA) is 117 Å². The molecule has 2 aromatic carbocycles. The van der Waals surface area contributed by atoms with Crippen molar-refractivity contribution in [1.29, 1.82) is 0 Å². The summed E-state index contributed by atoms with van der Waals surface area (Å²) in [5, 5.41) is 21.3. The Labute approximate surface area is 174 Å². The molecule has 0 saturated heterocycles. The molecule has 162 valence electrons. The molecule has 3 N–H and O–H groups in total.